The Hall–Kier alpha value is -2.37. The maximum atomic E-state index is 12.4. The number of alkyl halides is 3. The van der Waals surface area contributed by atoms with Gasteiger partial charge in [-0.1, -0.05) is 18.2 Å². The predicted molar refractivity (Wildman–Crippen MR) is 71.6 cm³/mol. The fraction of sp³-hybridized carbons (Fsp3) is 0.200. The lowest BCUT2D eigenvalue weighted by molar-refractivity contribution is -0.137. The molecule has 1 heterocycles. The van der Waals surface area contributed by atoms with Crippen molar-refractivity contribution in [3.63, 3.8) is 0 Å². The first-order valence-corrected chi connectivity index (χ1v) is 6.24. The molecule has 0 saturated carbocycles. The Morgan fingerprint density at radius 1 is 1.19 bits per heavy atom. The topological polar surface area (TPSA) is 42.0 Å². The molecule has 0 saturated heterocycles. The second-order valence-electron chi connectivity index (χ2n) is 4.55. The second kappa shape index (κ2) is 5.95. The van der Waals surface area contributed by atoms with Gasteiger partial charge in [0.1, 0.15) is 5.69 Å². The van der Waals surface area contributed by atoms with Gasteiger partial charge in [-0.05, 0) is 36.2 Å². The fourth-order valence-electron chi connectivity index (χ4n) is 1.80. The predicted octanol–water partition coefficient (Wildman–Crippen LogP) is 3.34. The van der Waals surface area contributed by atoms with Crippen LogP contribution in [0.3, 0.4) is 0 Å². The molecule has 6 heteroatoms. The molecular weight excluding hydrogens is 281 g/mol. The van der Waals surface area contributed by atoms with E-state index in [0.717, 1.165) is 17.7 Å². The minimum atomic E-state index is -4.35. The molecule has 0 radical (unpaired) electrons. The highest BCUT2D eigenvalue weighted by Gasteiger charge is 2.29. The van der Waals surface area contributed by atoms with Crippen molar-refractivity contribution in [1.29, 1.82) is 0 Å². The van der Waals surface area contributed by atoms with Crippen LogP contribution in [0.5, 0.6) is 0 Å². The van der Waals surface area contributed by atoms with Gasteiger partial charge in [0, 0.05) is 12.7 Å². The number of carbonyl (C=O) groups is 1. The number of aryl methyl sites for hydroxylation is 1. The summed E-state index contributed by atoms with van der Waals surface area (Å²) in [6, 6.07) is 8.16. The molecule has 1 aromatic heterocycles. The Kier molecular flexibility index (Phi) is 4.26. The van der Waals surface area contributed by atoms with Crippen LogP contribution >= 0.6 is 0 Å². The Labute approximate surface area is 119 Å². The van der Waals surface area contributed by atoms with Gasteiger partial charge in [0.15, 0.2) is 0 Å². The summed E-state index contributed by atoms with van der Waals surface area (Å²) in [5, 5.41) is 2.63. The molecule has 2 rings (SSSR count). The summed E-state index contributed by atoms with van der Waals surface area (Å²) in [4.78, 5) is 15.9. The van der Waals surface area contributed by atoms with Crippen LogP contribution in [-0.2, 0) is 12.7 Å². The van der Waals surface area contributed by atoms with Gasteiger partial charge in [0.05, 0.1) is 5.56 Å². The maximum absolute atomic E-state index is 12.4. The molecule has 0 aliphatic rings. The van der Waals surface area contributed by atoms with E-state index in [9.17, 15) is 18.0 Å². The fourth-order valence-corrected chi connectivity index (χ4v) is 1.80. The average Bonchev–Trinajstić information content (AvgIpc) is 2.45. The van der Waals surface area contributed by atoms with Crippen molar-refractivity contribution in [2.45, 2.75) is 19.6 Å². The van der Waals surface area contributed by atoms with Gasteiger partial charge in [-0.3, -0.25) is 9.78 Å². The van der Waals surface area contributed by atoms with Crippen LogP contribution in [-0.4, -0.2) is 10.9 Å². The van der Waals surface area contributed by atoms with Gasteiger partial charge in [-0.15, -0.1) is 0 Å². The minimum absolute atomic E-state index is 0.146. The van der Waals surface area contributed by atoms with Gasteiger partial charge < -0.3 is 5.32 Å². The van der Waals surface area contributed by atoms with E-state index in [2.05, 4.69) is 10.3 Å². The quantitative estimate of drug-likeness (QED) is 0.943. The highest BCUT2D eigenvalue weighted by Crippen LogP contribution is 2.29. The molecule has 0 bridgehead atoms. The highest BCUT2D eigenvalue weighted by atomic mass is 19.4. The zero-order valence-corrected chi connectivity index (χ0v) is 11.2. The van der Waals surface area contributed by atoms with Crippen LogP contribution in [0.25, 0.3) is 0 Å². The molecule has 1 N–H and O–H groups in total. The molecule has 2 aromatic rings. The van der Waals surface area contributed by atoms with Crippen LogP contribution in [0.2, 0.25) is 0 Å². The first-order chi connectivity index (χ1) is 9.88. The normalized spacial score (nSPS) is 11.2. The molecule has 0 unspecified atom stereocenters. The third-order valence-corrected chi connectivity index (χ3v) is 2.96. The molecule has 1 aromatic carbocycles. The number of nitrogens with one attached hydrogen (secondary N) is 1. The summed E-state index contributed by atoms with van der Waals surface area (Å²) >= 11 is 0. The molecule has 0 atom stereocenters. The van der Waals surface area contributed by atoms with Gasteiger partial charge in [-0.25, -0.2) is 0 Å². The van der Waals surface area contributed by atoms with E-state index in [1.54, 1.807) is 19.1 Å². The number of aromatic nitrogens is 1. The molecule has 110 valence electrons. The van der Waals surface area contributed by atoms with E-state index < -0.39 is 11.7 Å². The summed E-state index contributed by atoms with van der Waals surface area (Å²) in [6.07, 6.45) is -2.84. The molecule has 1 amide bonds. The van der Waals surface area contributed by atoms with E-state index in [0.29, 0.717) is 11.3 Å². The summed E-state index contributed by atoms with van der Waals surface area (Å²) in [5.74, 6) is -0.354. The van der Waals surface area contributed by atoms with Gasteiger partial charge >= 0.3 is 6.18 Å². The Morgan fingerprint density at radius 3 is 2.43 bits per heavy atom. The number of amides is 1. The smallest absolute Gasteiger partial charge is 0.347 e. The van der Waals surface area contributed by atoms with Gasteiger partial charge in [-0.2, -0.15) is 13.2 Å². The maximum Gasteiger partial charge on any atom is 0.416 e. The molecular formula is C15H13F3N2O. The van der Waals surface area contributed by atoms with Crippen molar-refractivity contribution in [3.8, 4) is 0 Å². The zero-order chi connectivity index (χ0) is 15.5. The Bertz CT molecular complexity index is 636. The number of benzene rings is 1. The molecule has 0 fully saturated rings. The van der Waals surface area contributed by atoms with Gasteiger partial charge in [0.2, 0.25) is 0 Å². The number of carbonyl (C=O) groups excluding carboxylic acids is 1. The van der Waals surface area contributed by atoms with Gasteiger partial charge in [0.25, 0.3) is 5.91 Å². The average molecular weight is 294 g/mol. The van der Waals surface area contributed by atoms with E-state index in [1.807, 2.05) is 0 Å². The molecule has 0 spiro atoms. The molecule has 0 aliphatic carbocycles. The van der Waals surface area contributed by atoms with Crippen molar-refractivity contribution >= 4 is 5.91 Å². The molecule has 0 aliphatic heterocycles. The van der Waals surface area contributed by atoms with E-state index >= 15 is 0 Å². The monoisotopic (exact) mass is 294 g/mol. The SMILES string of the molecule is Cc1cccnc1C(=O)NCc1ccc(C(F)(F)F)cc1. The lowest BCUT2D eigenvalue weighted by Crippen LogP contribution is -2.24. The lowest BCUT2D eigenvalue weighted by Gasteiger charge is -2.09. The Morgan fingerprint density at radius 2 is 1.86 bits per heavy atom. The number of halogens is 3. The van der Waals surface area contributed by atoms with Crippen LogP contribution in [0, 0.1) is 6.92 Å². The third kappa shape index (κ3) is 3.81. The third-order valence-electron chi connectivity index (χ3n) is 2.96. The van der Waals surface area contributed by atoms with Crippen LogP contribution < -0.4 is 5.32 Å². The van der Waals surface area contributed by atoms with E-state index in [4.69, 9.17) is 0 Å². The van der Waals surface area contributed by atoms with Crippen molar-refractivity contribution < 1.29 is 18.0 Å². The van der Waals surface area contributed by atoms with Crippen molar-refractivity contribution in [3.05, 3.63) is 65.0 Å². The standard InChI is InChI=1S/C15H13F3N2O/c1-10-3-2-8-19-13(10)14(21)20-9-11-4-6-12(7-5-11)15(16,17)18/h2-8H,9H2,1H3,(H,20,21). The largest absolute Gasteiger partial charge is 0.416 e. The summed E-state index contributed by atoms with van der Waals surface area (Å²) in [7, 11) is 0. The summed E-state index contributed by atoms with van der Waals surface area (Å²) in [6.45, 7) is 1.91. The first kappa shape index (κ1) is 15.0. The Balaban J connectivity index is 2.00. The highest BCUT2D eigenvalue weighted by molar-refractivity contribution is 5.93. The van der Waals surface area contributed by atoms with E-state index in [-0.39, 0.29) is 12.5 Å². The van der Waals surface area contributed by atoms with Crippen LogP contribution in [0.4, 0.5) is 13.2 Å². The van der Waals surface area contributed by atoms with Crippen LogP contribution in [0.15, 0.2) is 42.6 Å². The number of hydrogen-bond donors (Lipinski definition) is 1. The van der Waals surface area contributed by atoms with E-state index in [1.165, 1.54) is 18.3 Å². The minimum Gasteiger partial charge on any atom is -0.347 e. The molecule has 3 nitrogen and oxygen atoms in total. The lowest BCUT2D eigenvalue weighted by atomic mass is 10.1. The van der Waals surface area contributed by atoms with Crippen molar-refractivity contribution in [2.24, 2.45) is 0 Å². The van der Waals surface area contributed by atoms with Crippen molar-refractivity contribution in [2.75, 3.05) is 0 Å². The summed E-state index contributed by atoms with van der Waals surface area (Å²) < 4.78 is 37.3. The number of hydrogen-bond acceptors (Lipinski definition) is 2. The molecule has 21 heavy (non-hydrogen) atoms. The zero-order valence-electron chi connectivity index (χ0n) is 11.2. The second-order valence-corrected chi connectivity index (χ2v) is 4.55. The van der Waals surface area contributed by atoms with Crippen molar-refractivity contribution in [1.82, 2.24) is 10.3 Å². The number of rotatable bonds is 3. The number of pyridine rings is 1. The summed E-state index contributed by atoms with van der Waals surface area (Å²) in [5.41, 5.74) is 0.926. The first-order valence-electron chi connectivity index (χ1n) is 6.24. The number of nitrogens with zero attached hydrogens (tertiary/aromatic N) is 1. The van der Waals surface area contributed by atoms with Crippen LogP contribution in [0.1, 0.15) is 27.2 Å².